The molecule has 1 unspecified atom stereocenters. The Morgan fingerprint density at radius 3 is 2.77 bits per heavy atom. The second kappa shape index (κ2) is 4.94. The van der Waals surface area contributed by atoms with Crippen LogP contribution in [0.1, 0.15) is 13.3 Å². The lowest BCUT2D eigenvalue weighted by molar-refractivity contribution is 0.349. The van der Waals surface area contributed by atoms with Crippen LogP contribution in [0.15, 0.2) is 32.3 Å². The van der Waals surface area contributed by atoms with E-state index in [-0.39, 0.29) is 15.9 Å². The van der Waals surface area contributed by atoms with Crippen molar-refractivity contribution in [3.8, 4) is 0 Å². The lowest BCUT2D eigenvalue weighted by atomic mass is 9.90. The molecule has 0 radical (unpaired) electrons. The van der Waals surface area contributed by atoms with Gasteiger partial charge in [-0.15, -0.1) is 0 Å². The minimum atomic E-state index is -3.61. The molecule has 2 heterocycles. The highest BCUT2D eigenvalue weighted by Gasteiger charge is 2.39. The van der Waals surface area contributed by atoms with Gasteiger partial charge in [0.05, 0.1) is 10.4 Å². The maximum absolute atomic E-state index is 12.7. The molecule has 0 aliphatic carbocycles. The smallest absolute Gasteiger partial charge is 0.408 e. The third-order valence-corrected chi connectivity index (χ3v) is 6.26. The molecular weight excluding hydrogens is 306 g/mol. The van der Waals surface area contributed by atoms with Crippen LogP contribution in [0.2, 0.25) is 0 Å². The molecule has 8 heteroatoms. The lowest BCUT2D eigenvalue weighted by Gasteiger charge is -2.22. The van der Waals surface area contributed by atoms with E-state index in [0.29, 0.717) is 25.2 Å². The predicted molar refractivity (Wildman–Crippen MR) is 82.0 cm³/mol. The fraction of sp³-hybridized carbons (Fsp3) is 0.500. The van der Waals surface area contributed by atoms with E-state index in [1.165, 1.54) is 21.0 Å². The normalized spacial score (nSPS) is 23.4. The molecular formula is C14H19N3O4S. The summed E-state index contributed by atoms with van der Waals surface area (Å²) in [4.78, 5) is 11.6. The maximum Gasteiger partial charge on any atom is 0.419 e. The fourth-order valence-corrected chi connectivity index (χ4v) is 4.38. The first kappa shape index (κ1) is 15.3. The summed E-state index contributed by atoms with van der Waals surface area (Å²) in [7, 11) is -2.03. The van der Waals surface area contributed by atoms with Gasteiger partial charge in [0.2, 0.25) is 10.0 Å². The van der Waals surface area contributed by atoms with Gasteiger partial charge in [-0.1, -0.05) is 6.92 Å². The number of aryl methyl sites for hydroxylation is 1. The predicted octanol–water partition coefficient (Wildman–Crippen LogP) is 0.491. The highest BCUT2D eigenvalue weighted by atomic mass is 32.2. The van der Waals surface area contributed by atoms with Gasteiger partial charge in [-0.2, -0.15) is 4.31 Å². The lowest BCUT2D eigenvalue weighted by Crippen LogP contribution is -2.34. The van der Waals surface area contributed by atoms with Crippen LogP contribution in [0, 0.1) is 5.41 Å². The zero-order chi connectivity index (χ0) is 16.1. The van der Waals surface area contributed by atoms with Crippen molar-refractivity contribution in [3.05, 3.63) is 28.7 Å². The monoisotopic (exact) mass is 325 g/mol. The van der Waals surface area contributed by atoms with Crippen molar-refractivity contribution in [2.24, 2.45) is 18.2 Å². The Morgan fingerprint density at radius 2 is 2.14 bits per heavy atom. The number of nitrogens with zero attached hydrogens (tertiary/aromatic N) is 2. The molecule has 0 amide bonds. The first-order chi connectivity index (χ1) is 10.3. The topological polar surface area (TPSA) is 98.5 Å². The number of fused-ring (bicyclic) bond motifs is 1. The molecule has 7 nitrogen and oxygen atoms in total. The molecule has 1 fully saturated rings. The van der Waals surface area contributed by atoms with Crippen LogP contribution in [0.4, 0.5) is 0 Å². The van der Waals surface area contributed by atoms with Gasteiger partial charge in [-0.25, -0.2) is 13.2 Å². The SMILES string of the molecule is Cn1c(=O)oc2cc(S(=O)(=O)N3CCC(C)(CN)C3)ccc21. The third kappa shape index (κ3) is 2.27. The van der Waals surface area contributed by atoms with Crippen molar-refractivity contribution in [3.63, 3.8) is 0 Å². The van der Waals surface area contributed by atoms with Gasteiger partial charge in [0.15, 0.2) is 5.58 Å². The van der Waals surface area contributed by atoms with Crippen molar-refractivity contribution in [2.75, 3.05) is 19.6 Å². The summed E-state index contributed by atoms with van der Waals surface area (Å²) in [5.74, 6) is -0.513. The molecule has 1 aliphatic heterocycles. The maximum atomic E-state index is 12.7. The highest BCUT2D eigenvalue weighted by molar-refractivity contribution is 7.89. The molecule has 1 aliphatic rings. The number of rotatable bonds is 3. The van der Waals surface area contributed by atoms with Crippen molar-refractivity contribution < 1.29 is 12.8 Å². The largest absolute Gasteiger partial charge is 0.419 e. The Labute approximate surface area is 128 Å². The van der Waals surface area contributed by atoms with Crippen LogP contribution in [0.5, 0.6) is 0 Å². The van der Waals surface area contributed by atoms with Gasteiger partial charge in [-0.3, -0.25) is 4.57 Å². The van der Waals surface area contributed by atoms with Gasteiger partial charge < -0.3 is 10.2 Å². The number of nitrogens with two attached hydrogens (primary N) is 1. The minimum absolute atomic E-state index is 0.135. The number of hydrogen-bond donors (Lipinski definition) is 1. The Morgan fingerprint density at radius 1 is 1.41 bits per heavy atom. The summed E-state index contributed by atoms with van der Waals surface area (Å²) in [6, 6.07) is 4.50. The number of sulfonamides is 1. The molecule has 3 rings (SSSR count). The number of hydrogen-bond acceptors (Lipinski definition) is 5. The summed E-state index contributed by atoms with van der Waals surface area (Å²) < 4.78 is 33.3. The van der Waals surface area contributed by atoms with Gasteiger partial charge in [0.25, 0.3) is 0 Å². The summed E-state index contributed by atoms with van der Waals surface area (Å²) in [5.41, 5.74) is 6.39. The van der Waals surface area contributed by atoms with E-state index in [0.717, 1.165) is 6.42 Å². The Bertz CT molecular complexity index is 883. The van der Waals surface area contributed by atoms with Crippen LogP contribution in [0.3, 0.4) is 0 Å². The molecule has 0 bridgehead atoms. The molecule has 1 saturated heterocycles. The van der Waals surface area contributed by atoms with E-state index < -0.39 is 15.8 Å². The molecule has 1 atom stereocenters. The van der Waals surface area contributed by atoms with Crippen LogP contribution in [0.25, 0.3) is 11.1 Å². The zero-order valence-electron chi connectivity index (χ0n) is 12.6. The van der Waals surface area contributed by atoms with Gasteiger partial charge in [0.1, 0.15) is 0 Å². The van der Waals surface area contributed by atoms with E-state index >= 15 is 0 Å². The molecule has 0 saturated carbocycles. The summed E-state index contributed by atoms with van der Waals surface area (Å²) >= 11 is 0. The van der Waals surface area contributed by atoms with Crippen LogP contribution >= 0.6 is 0 Å². The molecule has 1 aromatic carbocycles. The van der Waals surface area contributed by atoms with Gasteiger partial charge in [0, 0.05) is 26.2 Å². The van der Waals surface area contributed by atoms with Crippen molar-refractivity contribution in [1.82, 2.24) is 8.87 Å². The van der Waals surface area contributed by atoms with Crippen molar-refractivity contribution >= 4 is 21.1 Å². The molecule has 2 N–H and O–H groups in total. The van der Waals surface area contributed by atoms with Crippen LogP contribution in [-0.2, 0) is 17.1 Å². The molecule has 22 heavy (non-hydrogen) atoms. The van der Waals surface area contributed by atoms with E-state index in [4.69, 9.17) is 10.2 Å². The number of oxazole rings is 1. The first-order valence-electron chi connectivity index (χ1n) is 7.07. The summed E-state index contributed by atoms with van der Waals surface area (Å²) in [6.07, 6.45) is 0.741. The Kier molecular flexibility index (Phi) is 3.42. The quantitative estimate of drug-likeness (QED) is 0.885. The van der Waals surface area contributed by atoms with E-state index in [1.54, 1.807) is 13.1 Å². The molecule has 0 spiro atoms. The highest BCUT2D eigenvalue weighted by Crippen LogP contribution is 2.33. The second-order valence-electron chi connectivity index (χ2n) is 6.16. The molecule has 2 aromatic rings. The molecule has 120 valence electrons. The van der Waals surface area contributed by atoms with Crippen LogP contribution in [-0.4, -0.2) is 36.9 Å². The van der Waals surface area contributed by atoms with Crippen molar-refractivity contribution in [1.29, 1.82) is 0 Å². The van der Waals surface area contributed by atoms with Gasteiger partial charge in [-0.05, 0) is 30.5 Å². The van der Waals surface area contributed by atoms with Gasteiger partial charge >= 0.3 is 5.76 Å². The molecule has 1 aromatic heterocycles. The fourth-order valence-electron chi connectivity index (χ4n) is 2.77. The first-order valence-corrected chi connectivity index (χ1v) is 8.51. The average molecular weight is 325 g/mol. The van der Waals surface area contributed by atoms with Crippen molar-refractivity contribution in [2.45, 2.75) is 18.2 Å². The van der Waals surface area contributed by atoms with E-state index in [2.05, 4.69) is 0 Å². The zero-order valence-corrected chi connectivity index (χ0v) is 13.4. The third-order valence-electron chi connectivity index (χ3n) is 4.42. The summed E-state index contributed by atoms with van der Waals surface area (Å²) in [6.45, 7) is 3.29. The van der Waals surface area contributed by atoms with E-state index in [9.17, 15) is 13.2 Å². The van der Waals surface area contributed by atoms with Crippen LogP contribution < -0.4 is 11.5 Å². The second-order valence-corrected chi connectivity index (χ2v) is 8.10. The standard InChI is InChI=1S/C14H19N3O4S/c1-14(8-15)5-6-17(9-14)22(19,20)10-3-4-11-12(7-10)21-13(18)16(11)2/h3-4,7H,5-6,8-9,15H2,1-2H3. The number of benzene rings is 1. The average Bonchev–Trinajstić information content (AvgIpc) is 3.02. The number of aromatic nitrogens is 1. The Balaban J connectivity index is 2.01. The Hall–Kier alpha value is -1.64. The minimum Gasteiger partial charge on any atom is -0.408 e. The summed E-state index contributed by atoms with van der Waals surface area (Å²) in [5, 5.41) is 0. The van der Waals surface area contributed by atoms with E-state index in [1.807, 2.05) is 6.92 Å².